The molecule has 0 saturated carbocycles. The van der Waals surface area contributed by atoms with E-state index in [1.54, 1.807) is 12.1 Å². The largest absolute Gasteiger partial charge is 0.295 e. The molecule has 1 aromatic heterocycles. The lowest BCUT2D eigenvalue weighted by Crippen LogP contribution is -1.91. The van der Waals surface area contributed by atoms with Gasteiger partial charge in [-0.2, -0.15) is 4.37 Å². The smallest absolute Gasteiger partial charge is 0.174 e. The molecule has 0 aliphatic carbocycles. The molecule has 0 N–H and O–H groups in total. The van der Waals surface area contributed by atoms with E-state index in [2.05, 4.69) is 9.36 Å². The maximum Gasteiger partial charge on any atom is 0.174 e. The summed E-state index contributed by atoms with van der Waals surface area (Å²) in [6.45, 7) is 1.52. The van der Waals surface area contributed by atoms with Crippen molar-refractivity contribution in [3.8, 4) is 0 Å². The van der Waals surface area contributed by atoms with Crippen molar-refractivity contribution in [1.29, 1.82) is 0 Å². The van der Waals surface area contributed by atoms with Crippen molar-refractivity contribution < 1.29 is 4.79 Å². The average molecular weight is 271 g/mol. The molecule has 0 atom stereocenters. The zero-order chi connectivity index (χ0) is 11.5. The van der Waals surface area contributed by atoms with Gasteiger partial charge < -0.3 is 0 Å². The number of carbonyl (C=O) groups excluding carboxylic acids is 1. The number of hydrogen-bond acceptors (Lipinski definition) is 5. The number of rotatable bonds is 3. The van der Waals surface area contributed by atoms with Crippen LogP contribution in [0.1, 0.15) is 17.3 Å². The molecule has 0 unspecified atom stereocenters. The first-order valence-corrected chi connectivity index (χ1v) is 6.38. The Morgan fingerprint density at radius 2 is 2.31 bits per heavy atom. The van der Waals surface area contributed by atoms with E-state index >= 15 is 0 Å². The fourth-order valence-corrected chi connectivity index (χ4v) is 2.81. The Morgan fingerprint density at radius 3 is 2.88 bits per heavy atom. The third kappa shape index (κ3) is 2.61. The maximum atomic E-state index is 11.1. The quantitative estimate of drug-likeness (QED) is 0.800. The fraction of sp³-hybridized carbons (Fsp3) is 0.100. The molecule has 0 aliphatic rings. The monoisotopic (exact) mass is 270 g/mol. The Hall–Kier alpha value is -0.910. The van der Waals surface area contributed by atoms with Crippen LogP contribution in [-0.2, 0) is 0 Å². The third-order valence-corrected chi connectivity index (χ3v) is 4.09. The van der Waals surface area contributed by atoms with Crippen molar-refractivity contribution in [1.82, 2.24) is 9.36 Å². The number of carbonyl (C=O) groups is 1. The topological polar surface area (TPSA) is 42.9 Å². The Labute approximate surface area is 106 Å². The molecule has 16 heavy (non-hydrogen) atoms. The van der Waals surface area contributed by atoms with E-state index in [1.807, 2.05) is 6.07 Å². The predicted octanol–water partition coefficient (Wildman–Crippen LogP) is 3.55. The normalized spacial score (nSPS) is 10.4. The molecule has 3 nitrogen and oxygen atoms in total. The minimum atomic E-state index is 0.00867. The Kier molecular flexibility index (Phi) is 3.58. The molecule has 0 radical (unpaired) electrons. The van der Waals surface area contributed by atoms with E-state index in [1.165, 1.54) is 36.5 Å². The highest BCUT2D eigenvalue weighted by Gasteiger charge is 2.08. The Morgan fingerprint density at radius 1 is 1.50 bits per heavy atom. The van der Waals surface area contributed by atoms with Gasteiger partial charge in [0.25, 0.3) is 0 Å². The van der Waals surface area contributed by atoms with Crippen LogP contribution in [0.5, 0.6) is 0 Å². The van der Waals surface area contributed by atoms with Gasteiger partial charge in [-0.05, 0) is 30.6 Å². The number of halogens is 1. The summed E-state index contributed by atoms with van der Waals surface area (Å²) in [5, 5.41) is 0.563. The molecule has 0 spiro atoms. The second-order valence-corrected chi connectivity index (χ2v) is 5.49. The van der Waals surface area contributed by atoms with E-state index in [4.69, 9.17) is 11.6 Å². The second-order valence-electron chi connectivity index (χ2n) is 3.01. The minimum absolute atomic E-state index is 0.00867. The fourth-order valence-electron chi connectivity index (χ4n) is 1.10. The number of benzene rings is 1. The molecule has 2 aromatic rings. The van der Waals surface area contributed by atoms with Gasteiger partial charge in [0.05, 0.1) is 5.02 Å². The summed E-state index contributed by atoms with van der Waals surface area (Å²) >= 11 is 8.83. The van der Waals surface area contributed by atoms with Crippen LogP contribution in [0.25, 0.3) is 0 Å². The molecule has 1 aromatic carbocycles. The van der Waals surface area contributed by atoms with Crippen LogP contribution >= 0.6 is 34.9 Å². The van der Waals surface area contributed by atoms with Gasteiger partial charge in [-0.3, -0.25) is 4.79 Å². The number of nitrogens with zero attached hydrogens (tertiary/aromatic N) is 2. The lowest BCUT2D eigenvalue weighted by Gasteiger charge is -2.02. The van der Waals surface area contributed by atoms with Crippen molar-refractivity contribution in [2.24, 2.45) is 0 Å². The van der Waals surface area contributed by atoms with E-state index < -0.39 is 0 Å². The van der Waals surface area contributed by atoms with Gasteiger partial charge in [-0.15, -0.1) is 0 Å². The van der Waals surface area contributed by atoms with E-state index in [0.29, 0.717) is 10.6 Å². The minimum Gasteiger partial charge on any atom is -0.295 e. The number of aromatic nitrogens is 2. The molecule has 0 aliphatic heterocycles. The van der Waals surface area contributed by atoms with E-state index in [9.17, 15) is 4.79 Å². The van der Waals surface area contributed by atoms with Gasteiger partial charge in [-0.1, -0.05) is 29.4 Å². The summed E-state index contributed by atoms with van der Waals surface area (Å²) in [6.07, 6.45) is 1.50. The van der Waals surface area contributed by atoms with Crippen LogP contribution in [0.15, 0.2) is 33.8 Å². The second kappa shape index (κ2) is 4.95. The van der Waals surface area contributed by atoms with E-state index in [-0.39, 0.29) is 5.78 Å². The molecule has 0 saturated heterocycles. The van der Waals surface area contributed by atoms with Crippen LogP contribution in [0, 0.1) is 0 Å². The van der Waals surface area contributed by atoms with Gasteiger partial charge in [-0.25, -0.2) is 4.98 Å². The van der Waals surface area contributed by atoms with Crippen molar-refractivity contribution in [2.75, 3.05) is 0 Å². The molecule has 82 valence electrons. The predicted molar refractivity (Wildman–Crippen MR) is 65.5 cm³/mol. The summed E-state index contributed by atoms with van der Waals surface area (Å²) in [4.78, 5) is 16.1. The van der Waals surface area contributed by atoms with Crippen LogP contribution < -0.4 is 0 Å². The number of hydrogen-bond donors (Lipinski definition) is 0. The third-order valence-electron chi connectivity index (χ3n) is 1.88. The molecule has 0 fully saturated rings. The Bertz CT molecular complexity index is 514. The van der Waals surface area contributed by atoms with Gasteiger partial charge in [0.15, 0.2) is 10.1 Å². The molecule has 0 bridgehead atoms. The Balaban J connectivity index is 2.26. The number of Topliss-reactive ketones (excluding diaryl/α,β-unsaturated/α-hetero) is 1. The molecule has 6 heteroatoms. The standard InChI is InChI=1S/C10H7ClN2OS2/c1-6(14)7-2-3-9(8(11)4-7)15-10-12-5-13-16-10/h2-5H,1H3. The van der Waals surface area contributed by atoms with Crippen LogP contribution in [-0.4, -0.2) is 15.1 Å². The van der Waals surface area contributed by atoms with Gasteiger partial charge in [0, 0.05) is 10.5 Å². The zero-order valence-electron chi connectivity index (χ0n) is 8.31. The first-order chi connectivity index (χ1) is 7.66. The van der Waals surface area contributed by atoms with Crippen LogP contribution in [0.2, 0.25) is 5.02 Å². The summed E-state index contributed by atoms with van der Waals surface area (Å²) in [5.41, 5.74) is 0.617. The summed E-state index contributed by atoms with van der Waals surface area (Å²) < 4.78 is 4.74. The molecule has 0 amide bonds. The first kappa shape index (κ1) is 11.6. The van der Waals surface area contributed by atoms with Crippen LogP contribution in [0.3, 0.4) is 0 Å². The first-order valence-electron chi connectivity index (χ1n) is 4.42. The molecule has 1 heterocycles. The molecular weight excluding hydrogens is 264 g/mol. The average Bonchev–Trinajstić information content (AvgIpc) is 2.73. The van der Waals surface area contributed by atoms with Crippen molar-refractivity contribution in [3.05, 3.63) is 35.1 Å². The van der Waals surface area contributed by atoms with Gasteiger partial charge >= 0.3 is 0 Å². The molecule has 2 rings (SSSR count). The summed E-state index contributed by atoms with van der Waals surface area (Å²) in [5.74, 6) is 0.00867. The highest BCUT2D eigenvalue weighted by Crippen LogP contribution is 2.34. The van der Waals surface area contributed by atoms with Crippen molar-refractivity contribution in [3.63, 3.8) is 0 Å². The SMILES string of the molecule is CC(=O)c1ccc(Sc2ncns2)c(Cl)c1. The highest BCUT2D eigenvalue weighted by atomic mass is 35.5. The van der Waals surface area contributed by atoms with Crippen molar-refractivity contribution >= 4 is 40.7 Å². The lowest BCUT2D eigenvalue weighted by molar-refractivity contribution is 0.101. The van der Waals surface area contributed by atoms with Crippen molar-refractivity contribution in [2.45, 2.75) is 16.2 Å². The highest BCUT2D eigenvalue weighted by molar-refractivity contribution is 8.01. The van der Waals surface area contributed by atoms with Crippen LogP contribution in [0.4, 0.5) is 0 Å². The maximum absolute atomic E-state index is 11.1. The van der Waals surface area contributed by atoms with E-state index in [0.717, 1.165) is 9.24 Å². The van der Waals surface area contributed by atoms with Gasteiger partial charge in [0.1, 0.15) is 6.33 Å². The zero-order valence-corrected chi connectivity index (χ0v) is 10.7. The molecular formula is C10H7ClN2OS2. The number of ketones is 1. The lowest BCUT2D eigenvalue weighted by atomic mass is 10.1. The summed E-state index contributed by atoms with van der Waals surface area (Å²) in [6, 6.07) is 5.26. The van der Waals surface area contributed by atoms with Gasteiger partial charge in [0.2, 0.25) is 0 Å². The summed E-state index contributed by atoms with van der Waals surface area (Å²) in [7, 11) is 0.